The van der Waals surface area contributed by atoms with Crippen LogP contribution in [-0.2, 0) is 6.54 Å². The van der Waals surface area contributed by atoms with E-state index < -0.39 is 16.2 Å². The van der Waals surface area contributed by atoms with E-state index in [1.54, 1.807) is 25.1 Å². The lowest BCUT2D eigenvalue weighted by atomic mass is 10.2. The van der Waals surface area contributed by atoms with Crippen molar-refractivity contribution in [3.05, 3.63) is 61.3 Å². The monoisotopic (exact) mass is 345 g/mol. The molecule has 1 heterocycles. The molecule has 9 nitrogen and oxygen atoms in total. The number of aromatic nitrogens is 2. The van der Waals surface area contributed by atoms with E-state index in [4.69, 9.17) is 0 Å². The zero-order valence-electron chi connectivity index (χ0n) is 14.2. The third kappa shape index (κ3) is 4.00. The average molecular weight is 345 g/mol. The highest BCUT2D eigenvalue weighted by Gasteiger charge is 2.15. The molecule has 0 aliphatic carbocycles. The van der Waals surface area contributed by atoms with Crippen LogP contribution in [0.2, 0.25) is 0 Å². The van der Waals surface area contributed by atoms with Crippen molar-refractivity contribution in [3.63, 3.8) is 0 Å². The fourth-order valence-electron chi connectivity index (χ4n) is 2.25. The number of aliphatic imine (C=N–C) groups is 1. The Bertz CT molecular complexity index is 927. The molecule has 0 atom stereocenters. The molecule has 0 bridgehead atoms. The number of nitrogens with zero attached hydrogens (tertiary/aromatic N) is 5. The van der Waals surface area contributed by atoms with Crippen LogP contribution in [-0.4, -0.2) is 39.4 Å². The van der Waals surface area contributed by atoms with E-state index >= 15 is 0 Å². The van der Waals surface area contributed by atoms with Gasteiger partial charge in [0.15, 0.2) is 0 Å². The second-order valence-electron chi connectivity index (χ2n) is 5.60. The molecule has 0 aliphatic rings. The van der Waals surface area contributed by atoms with Crippen molar-refractivity contribution < 1.29 is 4.92 Å². The Hall–Kier alpha value is -3.23. The first-order valence-corrected chi connectivity index (χ1v) is 7.67. The van der Waals surface area contributed by atoms with E-state index in [9.17, 15) is 19.7 Å². The van der Waals surface area contributed by atoms with E-state index in [1.165, 1.54) is 35.2 Å². The van der Waals surface area contributed by atoms with Gasteiger partial charge < -0.3 is 4.90 Å². The van der Waals surface area contributed by atoms with E-state index in [-0.39, 0.29) is 23.7 Å². The van der Waals surface area contributed by atoms with Crippen LogP contribution >= 0.6 is 0 Å². The highest BCUT2D eigenvalue weighted by atomic mass is 16.6. The summed E-state index contributed by atoms with van der Waals surface area (Å²) in [6.07, 6.45) is 2.05. The maximum Gasteiger partial charge on any atom is 0.337 e. The van der Waals surface area contributed by atoms with Crippen LogP contribution in [0.5, 0.6) is 0 Å². The van der Waals surface area contributed by atoms with Crippen molar-refractivity contribution >= 4 is 17.8 Å². The fourth-order valence-corrected chi connectivity index (χ4v) is 2.25. The van der Waals surface area contributed by atoms with E-state index in [0.717, 1.165) is 4.57 Å². The summed E-state index contributed by atoms with van der Waals surface area (Å²) >= 11 is 0. The van der Waals surface area contributed by atoms with E-state index in [1.807, 2.05) is 6.92 Å². The van der Waals surface area contributed by atoms with E-state index in [2.05, 4.69) is 4.99 Å². The largest absolute Gasteiger partial charge is 0.369 e. The van der Waals surface area contributed by atoms with Gasteiger partial charge >= 0.3 is 5.69 Å². The molecule has 0 saturated carbocycles. The maximum absolute atomic E-state index is 12.8. The summed E-state index contributed by atoms with van der Waals surface area (Å²) in [5.74, 6) is 0.108. The second kappa shape index (κ2) is 7.56. The van der Waals surface area contributed by atoms with Gasteiger partial charge in [-0.2, -0.15) is 0 Å². The van der Waals surface area contributed by atoms with Crippen LogP contribution in [0.4, 0.5) is 11.5 Å². The predicted octanol–water partition coefficient (Wildman–Crippen LogP) is 1.54. The van der Waals surface area contributed by atoms with Crippen LogP contribution in [0.1, 0.15) is 13.3 Å². The molecule has 0 fully saturated rings. The third-order valence-electron chi connectivity index (χ3n) is 3.34. The molecular formula is C16H19N5O4. The van der Waals surface area contributed by atoms with Crippen LogP contribution in [0.25, 0.3) is 5.69 Å². The number of benzene rings is 1. The van der Waals surface area contributed by atoms with E-state index in [0.29, 0.717) is 6.42 Å². The molecule has 1 aromatic heterocycles. The Morgan fingerprint density at radius 3 is 2.60 bits per heavy atom. The van der Waals surface area contributed by atoms with Gasteiger partial charge in [-0.3, -0.25) is 19.5 Å². The molecule has 0 saturated heterocycles. The van der Waals surface area contributed by atoms with Gasteiger partial charge in [0.1, 0.15) is 5.82 Å². The molecule has 25 heavy (non-hydrogen) atoms. The average Bonchev–Trinajstić information content (AvgIpc) is 2.56. The molecule has 2 aromatic rings. The molecule has 1 aromatic carbocycles. The van der Waals surface area contributed by atoms with Crippen molar-refractivity contribution in [2.75, 3.05) is 14.1 Å². The highest BCUT2D eigenvalue weighted by Crippen LogP contribution is 2.19. The lowest BCUT2D eigenvalue weighted by molar-refractivity contribution is -0.384. The molecule has 0 unspecified atom stereocenters. The van der Waals surface area contributed by atoms with Gasteiger partial charge in [0.25, 0.3) is 11.2 Å². The minimum atomic E-state index is -0.583. The van der Waals surface area contributed by atoms with Crippen LogP contribution < -0.4 is 11.2 Å². The Balaban J connectivity index is 2.78. The first-order valence-electron chi connectivity index (χ1n) is 7.67. The number of nitro benzene ring substituents is 1. The molecular weight excluding hydrogens is 326 g/mol. The van der Waals surface area contributed by atoms with Crippen molar-refractivity contribution in [2.24, 2.45) is 4.99 Å². The van der Waals surface area contributed by atoms with Crippen LogP contribution in [0, 0.1) is 10.1 Å². The van der Waals surface area contributed by atoms with Gasteiger partial charge in [-0.25, -0.2) is 14.4 Å². The smallest absolute Gasteiger partial charge is 0.337 e. The van der Waals surface area contributed by atoms with Gasteiger partial charge in [-0.1, -0.05) is 13.0 Å². The summed E-state index contributed by atoms with van der Waals surface area (Å²) in [5, 5.41) is 11.0. The Labute approximate surface area is 143 Å². The maximum atomic E-state index is 12.8. The molecule has 132 valence electrons. The van der Waals surface area contributed by atoms with Gasteiger partial charge in [-0.15, -0.1) is 0 Å². The van der Waals surface area contributed by atoms with Crippen molar-refractivity contribution in [2.45, 2.75) is 19.9 Å². The van der Waals surface area contributed by atoms with Crippen LogP contribution in [0.15, 0.2) is 44.9 Å². The summed E-state index contributed by atoms with van der Waals surface area (Å²) in [4.78, 5) is 41.3. The lowest BCUT2D eigenvalue weighted by Gasteiger charge is -2.13. The minimum Gasteiger partial charge on any atom is -0.369 e. The zero-order chi connectivity index (χ0) is 18.6. The molecule has 0 aliphatic heterocycles. The second-order valence-corrected chi connectivity index (χ2v) is 5.60. The van der Waals surface area contributed by atoms with Crippen molar-refractivity contribution in [1.82, 2.24) is 14.0 Å². The molecule has 9 heteroatoms. The molecule has 0 amide bonds. The van der Waals surface area contributed by atoms with Gasteiger partial charge in [0.05, 0.1) is 16.9 Å². The number of non-ortho nitro benzene ring substituents is 1. The summed E-state index contributed by atoms with van der Waals surface area (Å²) < 4.78 is 2.29. The van der Waals surface area contributed by atoms with Gasteiger partial charge in [0, 0.05) is 38.8 Å². The number of nitro groups is 1. The van der Waals surface area contributed by atoms with Crippen molar-refractivity contribution in [1.29, 1.82) is 0 Å². The Morgan fingerprint density at radius 1 is 1.28 bits per heavy atom. The first kappa shape index (κ1) is 18.1. The van der Waals surface area contributed by atoms with Crippen molar-refractivity contribution in [3.8, 4) is 5.69 Å². The number of hydrogen-bond acceptors (Lipinski definition) is 5. The molecule has 0 N–H and O–H groups in total. The topological polar surface area (TPSA) is 103 Å². The summed E-state index contributed by atoms with van der Waals surface area (Å²) in [5.41, 5.74) is -0.921. The standard InChI is InChI=1S/C16H19N5O4/c1-4-8-19-15(22)10-14(17-11-18(2)3)20(16(19)23)12-6-5-7-13(9-12)21(24)25/h5-7,9-11H,4,8H2,1-3H3. The molecule has 0 radical (unpaired) electrons. The van der Waals surface area contributed by atoms with Gasteiger partial charge in [-0.05, 0) is 12.5 Å². The lowest BCUT2D eigenvalue weighted by Crippen LogP contribution is -2.38. The molecule has 2 rings (SSSR count). The highest BCUT2D eigenvalue weighted by molar-refractivity contribution is 5.60. The first-order chi connectivity index (χ1) is 11.8. The summed E-state index contributed by atoms with van der Waals surface area (Å²) in [6.45, 7) is 2.10. The quantitative estimate of drug-likeness (QED) is 0.342. The minimum absolute atomic E-state index is 0.108. The number of rotatable bonds is 6. The van der Waals surface area contributed by atoms with Crippen LogP contribution in [0.3, 0.4) is 0 Å². The zero-order valence-corrected chi connectivity index (χ0v) is 14.2. The van der Waals surface area contributed by atoms with Gasteiger partial charge in [0.2, 0.25) is 0 Å². The fraction of sp³-hybridized carbons (Fsp3) is 0.312. The number of hydrogen-bond donors (Lipinski definition) is 0. The summed E-state index contributed by atoms with van der Waals surface area (Å²) in [6, 6.07) is 6.89. The predicted molar refractivity (Wildman–Crippen MR) is 95.1 cm³/mol. The Morgan fingerprint density at radius 2 is 2.00 bits per heavy atom. The third-order valence-corrected chi connectivity index (χ3v) is 3.34. The SMILES string of the molecule is CCCn1c(=O)cc(N=CN(C)C)n(-c2cccc([N+](=O)[O-])c2)c1=O. The summed E-state index contributed by atoms with van der Waals surface area (Å²) in [7, 11) is 3.50. The Kier molecular flexibility index (Phi) is 5.48. The molecule has 0 spiro atoms. The normalized spacial score (nSPS) is 11.0.